The minimum atomic E-state index is 0.217. The van der Waals surface area contributed by atoms with Crippen LogP contribution in [0.4, 0.5) is 11.6 Å². The third-order valence-electron chi connectivity index (χ3n) is 3.70. The number of aryl methyl sites for hydroxylation is 1. The molecule has 0 bridgehead atoms. The molecule has 6 nitrogen and oxygen atoms in total. The maximum atomic E-state index is 6.00. The number of hydrogen-bond donors (Lipinski definition) is 2. The molecule has 26 heavy (non-hydrogen) atoms. The van der Waals surface area contributed by atoms with Crippen molar-refractivity contribution >= 4 is 17.6 Å². The number of nitrogens with two attached hydrogens (primary N) is 1. The van der Waals surface area contributed by atoms with Gasteiger partial charge in [0.05, 0.1) is 7.11 Å². The summed E-state index contributed by atoms with van der Waals surface area (Å²) >= 11 is 0. The second kappa shape index (κ2) is 8.11. The molecule has 1 aromatic heterocycles. The van der Waals surface area contributed by atoms with Crippen LogP contribution in [0.25, 0.3) is 0 Å². The first-order valence-electron chi connectivity index (χ1n) is 8.26. The van der Waals surface area contributed by atoms with Crippen molar-refractivity contribution in [1.82, 2.24) is 9.97 Å². The predicted octanol–water partition coefficient (Wildman–Crippen LogP) is 3.44. The van der Waals surface area contributed by atoms with E-state index in [1.807, 2.05) is 43.3 Å². The zero-order valence-corrected chi connectivity index (χ0v) is 14.8. The van der Waals surface area contributed by atoms with Gasteiger partial charge in [-0.1, -0.05) is 42.5 Å². The summed E-state index contributed by atoms with van der Waals surface area (Å²) in [5.74, 6) is 0.927. The quantitative estimate of drug-likeness (QED) is 0.545. The van der Waals surface area contributed by atoms with Crippen molar-refractivity contribution in [3.8, 4) is 5.88 Å². The van der Waals surface area contributed by atoms with Crippen molar-refractivity contribution in [2.24, 2.45) is 10.7 Å². The molecule has 0 radical (unpaired) electrons. The summed E-state index contributed by atoms with van der Waals surface area (Å²) in [5, 5.41) is 3.08. The average Bonchev–Trinajstić information content (AvgIpc) is 2.62. The molecule has 3 aromatic rings. The normalized spacial score (nSPS) is 11.2. The van der Waals surface area contributed by atoms with Gasteiger partial charge in [-0.15, -0.1) is 0 Å². The minimum Gasteiger partial charge on any atom is -0.481 e. The molecule has 0 unspecified atom stereocenters. The van der Waals surface area contributed by atoms with Crippen LogP contribution in [0.2, 0.25) is 0 Å². The number of guanidine groups is 1. The summed E-state index contributed by atoms with van der Waals surface area (Å²) in [6, 6.07) is 20.1. The largest absolute Gasteiger partial charge is 0.481 e. The smallest absolute Gasteiger partial charge is 0.256 e. The van der Waals surface area contributed by atoms with Gasteiger partial charge in [0.15, 0.2) is 0 Å². The van der Waals surface area contributed by atoms with Crippen molar-refractivity contribution in [2.75, 3.05) is 12.4 Å². The van der Waals surface area contributed by atoms with Gasteiger partial charge in [0.1, 0.15) is 0 Å². The van der Waals surface area contributed by atoms with Gasteiger partial charge >= 0.3 is 0 Å². The first kappa shape index (κ1) is 17.4. The van der Waals surface area contributed by atoms with Crippen molar-refractivity contribution in [2.45, 2.75) is 13.3 Å². The SMILES string of the molecule is COc1cc(C)nc(/N=C(\N)Nc2cccc(Cc3ccccc3)c2)n1. The number of methoxy groups -OCH3 is 1. The Morgan fingerprint density at radius 2 is 1.81 bits per heavy atom. The Hall–Kier alpha value is -3.41. The Bertz CT molecular complexity index is 909. The topological polar surface area (TPSA) is 85.4 Å². The van der Waals surface area contributed by atoms with Gasteiger partial charge in [-0.05, 0) is 36.6 Å². The van der Waals surface area contributed by atoms with Crippen LogP contribution in [-0.2, 0) is 6.42 Å². The zero-order chi connectivity index (χ0) is 18.4. The fourth-order valence-corrected chi connectivity index (χ4v) is 2.55. The number of benzene rings is 2. The fourth-order valence-electron chi connectivity index (χ4n) is 2.55. The van der Waals surface area contributed by atoms with Crippen LogP contribution >= 0.6 is 0 Å². The highest BCUT2D eigenvalue weighted by Crippen LogP contribution is 2.16. The molecule has 0 saturated carbocycles. The molecule has 0 amide bonds. The zero-order valence-electron chi connectivity index (χ0n) is 14.8. The van der Waals surface area contributed by atoms with Gasteiger partial charge in [0.25, 0.3) is 5.95 Å². The van der Waals surface area contributed by atoms with E-state index in [9.17, 15) is 0 Å². The Labute approximate surface area is 152 Å². The van der Waals surface area contributed by atoms with E-state index in [2.05, 4.69) is 38.5 Å². The molecular formula is C20H21N5O. The molecule has 0 aliphatic rings. The molecular weight excluding hydrogens is 326 g/mol. The van der Waals surface area contributed by atoms with Crippen molar-refractivity contribution in [3.05, 3.63) is 77.5 Å². The van der Waals surface area contributed by atoms with Gasteiger partial charge < -0.3 is 15.8 Å². The van der Waals surface area contributed by atoms with Crippen LogP contribution in [0.3, 0.4) is 0 Å². The van der Waals surface area contributed by atoms with Crippen molar-refractivity contribution in [1.29, 1.82) is 0 Å². The van der Waals surface area contributed by atoms with E-state index in [1.54, 1.807) is 13.2 Å². The van der Waals surface area contributed by atoms with Crippen LogP contribution in [0.5, 0.6) is 5.88 Å². The third kappa shape index (κ3) is 4.80. The van der Waals surface area contributed by atoms with E-state index in [-0.39, 0.29) is 11.9 Å². The first-order valence-corrected chi connectivity index (χ1v) is 8.26. The van der Waals surface area contributed by atoms with E-state index in [1.165, 1.54) is 11.1 Å². The number of anilines is 1. The highest BCUT2D eigenvalue weighted by Gasteiger charge is 2.04. The van der Waals surface area contributed by atoms with Crippen LogP contribution in [0, 0.1) is 6.92 Å². The molecule has 3 rings (SSSR count). The number of aromatic nitrogens is 2. The summed E-state index contributed by atoms with van der Waals surface area (Å²) in [6.45, 7) is 1.85. The third-order valence-corrected chi connectivity index (χ3v) is 3.70. The molecule has 2 aromatic carbocycles. The Kier molecular flexibility index (Phi) is 5.43. The van der Waals surface area contributed by atoms with E-state index in [0.29, 0.717) is 5.88 Å². The van der Waals surface area contributed by atoms with Crippen LogP contribution < -0.4 is 15.8 Å². The first-order chi connectivity index (χ1) is 12.6. The highest BCUT2D eigenvalue weighted by atomic mass is 16.5. The van der Waals surface area contributed by atoms with Crippen LogP contribution in [0.15, 0.2) is 65.7 Å². The van der Waals surface area contributed by atoms with Gasteiger partial charge in [0.2, 0.25) is 11.8 Å². The second-order valence-corrected chi connectivity index (χ2v) is 5.84. The number of hydrogen-bond acceptors (Lipinski definition) is 4. The molecule has 0 aliphatic heterocycles. The molecule has 0 atom stereocenters. The summed E-state index contributed by atoms with van der Waals surface area (Å²) in [5.41, 5.74) is 10.1. The number of ether oxygens (including phenoxy) is 1. The van der Waals surface area contributed by atoms with Crippen molar-refractivity contribution < 1.29 is 4.74 Å². The number of rotatable bonds is 5. The lowest BCUT2D eigenvalue weighted by Gasteiger charge is -2.08. The van der Waals surface area contributed by atoms with Crippen molar-refractivity contribution in [3.63, 3.8) is 0 Å². The van der Waals surface area contributed by atoms with Gasteiger partial charge in [-0.3, -0.25) is 0 Å². The lowest BCUT2D eigenvalue weighted by molar-refractivity contribution is 0.397. The van der Waals surface area contributed by atoms with E-state index in [0.717, 1.165) is 17.8 Å². The van der Waals surface area contributed by atoms with Gasteiger partial charge in [-0.25, -0.2) is 4.98 Å². The molecule has 3 N–H and O–H groups in total. The van der Waals surface area contributed by atoms with E-state index in [4.69, 9.17) is 10.5 Å². The lowest BCUT2D eigenvalue weighted by Crippen LogP contribution is -2.22. The molecule has 0 spiro atoms. The molecule has 0 aliphatic carbocycles. The summed E-state index contributed by atoms with van der Waals surface area (Å²) < 4.78 is 5.13. The van der Waals surface area contributed by atoms with E-state index >= 15 is 0 Å². The lowest BCUT2D eigenvalue weighted by atomic mass is 10.0. The summed E-state index contributed by atoms with van der Waals surface area (Å²) in [4.78, 5) is 12.6. The standard InChI is InChI=1S/C20H21N5O/c1-14-11-18(26-2)24-20(22-14)25-19(21)23-17-10-6-9-16(13-17)12-15-7-4-3-5-8-15/h3-11,13H,12H2,1-2H3,(H3,21,22,23,24,25). The molecule has 0 fully saturated rings. The fraction of sp³-hybridized carbons (Fsp3) is 0.150. The van der Waals surface area contributed by atoms with Gasteiger partial charge in [0, 0.05) is 17.4 Å². The molecule has 1 heterocycles. The van der Waals surface area contributed by atoms with Gasteiger partial charge in [-0.2, -0.15) is 9.98 Å². The predicted molar refractivity (Wildman–Crippen MR) is 104 cm³/mol. The number of nitrogens with one attached hydrogen (secondary N) is 1. The summed E-state index contributed by atoms with van der Waals surface area (Å²) in [6.07, 6.45) is 0.853. The monoisotopic (exact) mass is 347 g/mol. The average molecular weight is 347 g/mol. The molecule has 6 heteroatoms. The maximum absolute atomic E-state index is 6.00. The number of aliphatic imine (C=N–C) groups is 1. The molecule has 0 saturated heterocycles. The Morgan fingerprint density at radius 1 is 1.04 bits per heavy atom. The van der Waals surface area contributed by atoms with Crippen LogP contribution in [0.1, 0.15) is 16.8 Å². The molecule has 132 valence electrons. The van der Waals surface area contributed by atoms with E-state index < -0.39 is 0 Å². The maximum Gasteiger partial charge on any atom is 0.256 e. The number of nitrogens with zero attached hydrogens (tertiary/aromatic N) is 3. The van der Waals surface area contributed by atoms with Crippen LogP contribution in [-0.4, -0.2) is 23.0 Å². The Morgan fingerprint density at radius 3 is 2.58 bits per heavy atom. The Balaban J connectivity index is 1.74. The highest BCUT2D eigenvalue weighted by molar-refractivity contribution is 5.93. The minimum absolute atomic E-state index is 0.217. The second-order valence-electron chi connectivity index (χ2n) is 5.84. The summed E-state index contributed by atoms with van der Waals surface area (Å²) in [7, 11) is 1.55.